The minimum absolute atomic E-state index is 0.164. The summed E-state index contributed by atoms with van der Waals surface area (Å²) in [6.07, 6.45) is 2.84. The van der Waals surface area contributed by atoms with Crippen LogP contribution in [0, 0.1) is 3.57 Å². The second-order valence-corrected chi connectivity index (χ2v) is 5.60. The molecule has 74 valence electrons. The molecule has 2 rings (SSSR count). The van der Waals surface area contributed by atoms with Crippen LogP contribution in [0.3, 0.4) is 0 Å². The van der Waals surface area contributed by atoms with Crippen LogP contribution < -0.4 is 0 Å². The van der Waals surface area contributed by atoms with Crippen molar-refractivity contribution in [2.75, 3.05) is 0 Å². The number of carbonyl (C=O) groups excluding carboxylic acids is 1. The molecule has 0 N–H and O–H groups in total. The van der Waals surface area contributed by atoms with Gasteiger partial charge in [0.05, 0.1) is 0 Å². The summed E-state index contributed by atoms with van der Waals surface area (Å²) >= 11 is 5.75. The smallest absolute Gasteiger partial charge is 0.140 e. The van der Waals surface area contributed by atoms with Crippen molar-refractivity contribution in [1.29, 1.82) is 0 Å². The van der Waals surface area contributed by atoms with E-state index in [1.807, 2.05) is 6.07 Å². The molecule has 14 heavy (non-hydrogen) atoms. The maximum atomic E-state index is 11.6. The highest BCUT2D eigenvalue weighted by atomic mass is 127. The molecule has 1 unspecified atom stereocenters. The molecule has 1 aliphatic carbocycles. The Balaban J connectivity index is 2.32. The summed E-state index contributed by atoms with van der Waals surface area (Å²) in [5, 5.41) is 0. The van der Waals surface area contributed by atoms with Gasteiger partial charge in [0.15, 0.2) is 0 Å². The Bertz CT molecular complexity index is 376. The highest BCUT2D eigenvalue weighted by molar-refractivity contribution is 14.1. The number of rotatable bonds is 1. The molecule has 0 aliphatic heterocycles. The Kier molecular flexibility index (Phi) is 3.27. The van der Waals surface area contributed by atoms with Crippen LogP contribution in [-0.2, 0) is 4.79 Å². The molecule has 0 aromatic heterocycles. The number of hydrogen-bond acceptors (Lipinski definition) is 1. The lowest BCUT2D eigenvalue weighted by Gasteiger charge is -2.09. The first-order valence-electron chi connectivity index (χ1n) is 4.66. The lowest BCUT2D eigenvalue weighted by atomic mass is 9.97. The van der Waals surface area contributed by atoms with Gasteiger partial charge < -0.3 is 0 Å². The van der Waals surface area contributed by atoms with Crippen molar-refractivity contribution in [3.8, 4) is 0 Å². The molecule has 0 amide bonds. The quantitative estimate of drug-likeness (QED) is 0.691. The summed E-state index contributed by atoms with van der Waals surface area (Å²) in [5.74, 6) is 0.569. The molecule has 1 aromatic carbocycles. The average molecular weight is 365 g/mol. The molecule has 3 heteroatoms. The Morgan fingerprint density at radius 1 is 1.43 bits per heavy atom. The molecule has 1 aromatic rings. The van der Waals surface area contributed by atoms with E-state index in [9.17, 15) is 4.79 Å². The first-order chi connectivity index (χ1) is 6.68. The number of carbonyl (C=O) groups is 1. The minimum atomic E-state index is 0.164. The Labute approximate surface area is 106 Å². The van der Waals surface area contributed by atoms with Crippen molar-refractivity contribution < 1.29 is 4.79 Å². The molecule has 0 bridgehead atoms. The number of hydrogen-bond donors (Lipinski definition) is 0. The van der Waals surface area contributed by atoms with Gasteiger partial charge in [-0.2, -0.15) is 0 Å². The second kappa shape index (κ2) is 4.31. The predicted octanol–water partition coefficient (Wildman–Crippen LogP) is 3.89. The third-order valence-corrected chi connectivity index (χ3v) is 4.98. The topological polar surface area (TPSA) is 17.1 Å². The van der Waals surface area contributed by atoms with Gasteiger partial charge >= 0.3 is 0 Å². The van der Waals surface area contributed by atoms with Gasteiger partial charge in [-0.05, 0) is 69.1 Å². The summed E-state index contributed by atoms with van der Waals surface area (Å²) in [6.45, 7) is 0. The summed E-state index contributed by atoms with van der Waals surface area (Å²) in [6, 6.07) is 6.20. The molecule has 0 radical (unpaired) electrons. The van der Waals surface area contributed by atoms with Gasteiger partial charge in [0.25, 0.3) is 0 Å². The van der Waals surface area contributed by atoms with E-state index in [2.05, 4.69) is 50.7 Å². The summed E-state index contributed by atoms with van der Waals surface area (Å²) in [5.41, 5.74) is 1.18. The Morgan fingerprint density at radius 3 is 2.79 bits per heavy atom. The van der Waals surface area contributed by atoms with E-state index in [0.29, 0.717) is 5.78 Å². The Hall–Kier alpha value is 0.1000. The van der Waals surface area contributed by atoms with Crippen LogP contribution in [0.2, 0.25) is 0 Å². The Morgan fingerprint density at radius 2 is 2.21 bits per heavy atom. The van der Waals surface area contributed by atoms with Crippen LogP contribution >= 0.6 is 38.5 Å². The van der Waals surface area contributed by atoms with Crippen LogP contribution in [0.5, 0.6) is 0 Å². The zero-order valence-corrected chi connectivity index (χ0v) is 11.3. The molecule has 1 atom stereocenters. The van der Waals surface area contributed by atoms with Gasteiger partial charge in [-0.15, -0.1) is 0 Å². The first-order valence-corrected chi connectivity index (χ1v) is 6.53. The van der Waals surface area contributed by atoms with Crippen LogP contribution in [0.1, 0.15) is 30.7 Å². The molecular weight excluding hydrogens is 355 g/mol. The van der Waals surface area contributed by atoms with E-state index in [1.54, 1.807) is 0 Å². The van der Waals surface area contributed by atoms with E-state index in [1.165, 1.54) is 9.13 Å². The molecule has 0 saturated heterocycles. The lowest BCUT2D eigenvalue weighted by Crippen LogP contribution is -2.04. The fourth-order valence-electron chi connectivity index (χ4n) is 1.90. The normalized spacial score (nSPS) is 21.6. The van der Waals surface area contributed by atoms with E-state index in [-0.39, 0.29) is 5.92 Å². The summed E-state index contributed by atoms with van der Waals surface area (Å²) in [7, 11) is 0. The minimum Gasteiger partial charge on any atom is -0.299 e. The van der Waals surface area contributed by atoms with E-state index in [4.69, 9.17) is 0 Å². The van der Waals surface area contributed by atoms with Crippen LogP contribution in [0.25, 0.3) is 0 Å². The predicted molar refractivity (Wildman–Crippen MR) is 68.5 cm³/mol. The molecule has 1 nitrogen and oxygen atoms in total. The van der Waals surface area contributed by atoms with E-state index < -0.39 is 0 Å². The van der Waals surface area contributed by atoms with Gasteiger partial charge in [-0.3, -0.25) is 4.79 Å². The number of ketones is 1. The van der Waals surface area contributed by atoms with Crippen molar-refractivity contribution in [1.82, 2.24) is 0 Å². The van der Waals surface area contributed by atoms with Gasteiger partial charge in [0.2, 0.25) is 0 Å². The largest absolute Gasteiger partial charge is 0.299 e. The van der Waals surface area contributed by atoms with Crippen molar-refractivity contribution in [3.05, 3.63) is 31.8 Å². The van der Waals surface area contributed by atoms with Crippen molar-refractivity contribution >= 4 is 44.3 Å². The maximum Gasteiger partial charge on any atom is 0.140 e. The fraction of sp³-hybridized carbons (Fsp3) is 0.364. The van der Waals surface area contributed by atoms with Gasteiger partial charge in [-0.1, -0.05) is 6.07 Å². The lowest BCUT2D eigenvalue weighted by molar-refractivity contribution is -0.118. The number of benzene rings is 1. The van der Waals surface area contributed by atoms with Crippen molar-refractivity contribution in [2.24, 2.45) is 0 Å². The molecule has 0 spiro atoms. The number of halogens is 2. The summed E-state index contributed by atoms with van der Waals surface area (Å²) < 4.78 is 2.28. The van der Waals surface area contributed by atoms with E-state index in [0.717, 1.165) is 23.7 Å². The highest BCUT2D eigenvalue weighted by Crippen LogP contribution is 2.33. The zero-order valence-electron chi connectivity index (χ0n) is 7.59. The van der Waals surface area contributed by atoms with Crippen LogP contribution in [0.4, 0.5) is 0 Å². The third-order valence-electron chi connectivity index (χ3n) is 2.65. The summed E-state index contributed by atoms with van der Waals surface area (Å²) in [4.78, 5) is 11.6. The second-order valence-electron chi connectivity index (χ2n) is 3.58. The SMILES string of the molecule is O=C1CCCC1c1ccc(Br)c(I)c1. The average Bonchev–Trinajstić information content (AvgIpc) is 2.57. The zero-order chi connectivity index (χ0) is 10.1. The van der Waals surface area contributed by atoms with Gasteiger partial charge in [0.1, 0.15) is 5.78 Å². The maximum absolute atomic E-state index is 11.6. The molecule has 1 saturated carbocycles. The number of Topliss-reactive ketones (excluding diaryl/α,β-unsaturated/α-hetero) is 1. The van der Waals surface area contributed by atoms with Crippen LogP contribution in [-0.4, -0.2) is 5.78 Å². The molecule has 1 aliphatic rings. The molecule has 1 fully saturated rings. The fourth-order valence-corrected chi connectivity index (χ4v) is 2.68. The van der Waals surface area contributed by atoms with Crippen LogP contribution in [0.15, 0.2) is 22.7 Å². The van der Waals surface area contributed by atoms with E-state index >= 15 is 0 Å². The monoisotopic (exact) mass is 364 g/mol. The highest BCUT2D eigenvalue weighted by Gasteiger charge is 2.25. The third kappa shape index (κ3) is 2.03. The van der Waals surface area contributed by atoms with Crippen molar-refractivity contribution in [3.63, 3.8) is 0 Å². The first kappa shape index (κ1) is 10.6. The standard InChI is InChI=1S/C11H10BrIO/c12-9-5-4-7(6-10(9)13)8-2-1-3-11(8)14/h4-6,8H,1-3H2. The molecular formula is C11H10BrIO. The van der Waals surface area contributed by atoms with Gasteiger partial charge in [0, 0.05) is 20.4 Å². The van der Waals surface area contributed by atoms with Crippen molar-refractivity contribution in [2.45, 2.75) is 25.2 Å². The van der Waals surface area contributed by atoms with Gasteiger partial charge in [-0.25, -0.2) is 0 Å². The molecule has 0 heterocycles.